The number of halogens is 1. The minimum atomic E-state index is -3.48. The first-order valence-electron chi connectivity index (χ1n) is 8.67. The van der Waals surface area contributed by atoms with E-state index in [2.05, 4.69) is 15.0 Å². The molecule has 0 unspecified atom stereocenters. The van der Waals surface area contributed by atoms with Crippen LogP contribution in [0.2, 0.25) is 0 Å². The Hall–Kier alpha value is -1.48. The molecule has 0 amide bonds. The number of sulfonamides is 1. The van der Waals surface area contributed by atoms with Crippen LogP contribution in [0.25, 0.3) is 0 Å². The Balaban J connectivity index is 0.00000243. The molecule has 1 aliphatic rings. The average molecular weight is 400 g/mol. The van der Waals surface area contributed by atoms with Gasteiger partial charge in [-0.1, -0.05) is 13.0 Å². The van der Waals surface area contributed by atoms with Crippen LogP contribution in [0.4, 0.5) is 0 Å². The molecule has 0 spiro atoms. The van der Waals surface area contributed by atoms with E-state index >= 15 is 0 Å². The smallest absolute Gasteiger partial charge is 0.246 e. The van der Waals surface area contributed by atoms with Gasteiger partial charge in [0.1, 0.15) is 4.90 Å². The van der Waals surface area contributed by atoms with Crippen molar-refractivity contribution in [3.63, 3.8) is 0 Å². The Morgan fingerprint density at radius 3 is 2.50 bits per heavy atom. The number of piperazine rings is 1. The lowest BCUT2D eigenvalue weighted by atomic mass is 10.3. The van der Waals surface area contributed by atoms with Crippen molar-refractivity contribution in [3.05, 3.63) is 42.0 Å². The zero-order valence-corrected chi connectivity index (χ0v) is 16.8. The molecule has 7 nitrogen and oxygen atoms in total. The third-order valence-electron chi connectivity index (χ3n) is 4.41. The molecule has 3 heterocycles. The summed E-state index contributed by atoms with van der Waals surface area (Å²) in [6.07, 6.45) is 4.37. The van der Waals surface area contributed by atoms with Gasteiger partial charge in [-0.25, -0.2) is 8.42 Å². The van der Waals surface area contributed by atoms with E-state index in [-0.39, 0.29) is 12.4 Å². The average Bonchev–Trinajstić information content (AvgIpc) is 2.98. The van der Waals surface area contributed by atoms with Gasteiger partial charge in [-0.3, -0.25) is 14.6 Å². The number of rotatable bonds is 6. The maximum Gasteiger partial charge on any atom is 0.246 e. The van der Waals surface area contributed by atoms with E-state index in [4.69, 9.17) is 0 Å². The van der Waals surface area contributed by atoms with Crippen LogP contribution in [-0.4, -0.2) is 58.6 Å². The first-order chi connectivity index (χ1) is 12.0. The molecule has 0 atom stereocenters. The fourth-order valence-corrected chi connectivity index (χ4v) is 4.68. The van der Waals surface area contributed by atoms with E-state index in [1.54, 1.807) is 28.3 Å². The molecule has 9 heteroatoms. The number of aryl methyl sites for hydroxylation is 2. The minimum Gasteiger partial charge on any atom is -0.295 e. The van der Waals surface area contributed by atoms with E-state index in [0.717, 1.165) is 25.2 Å². The van der Waals surface area contributed by atoms with E-state index in [9.17, 15) is 8.42 Å². The van der Waals surface area contributed by atoms with Crippen molar-refractivity contribution < 1.29 is 8.42 Å². The van der Waals surface area contributed by atoms with Crippen molar-refractivity contribution in [2.24, 2.45) is 0 Å². The normalized spacial score (nSPS) is 16.4. The van der Waals surface area contributed by atoms with Crippen LogP contribution in [0.1, 0.15) is 24.7 Å². The predicted octanol–water partition coefficient (Wildman–Crippen LogP) is 1.92. The molecule has 0 aliphatic carbocycles. The molecule has 0 N–H and O–H groups in total. The molecule has 0 saturated carbocycles. The number of aromatic nitrogens is 3. The van der Waals surface area contributed by atoms with Gasteiger partial charge in [0.15, 0.2) is 0 Å². The van der Waals surface area contributed by atoms with Gasteiger partial charge in [-0.05, 0) is 25.5 Å². The Morgan fingerprint density at radius 2 is 1.88 bits per heavy atom. The highest BCUT2D eigenvalue weighted by Gasteiger charge is 2.31. The van der Waals surface area contributed by atoms with Crippen LogP contribution in [0.3, 0.4) is 0 Å². The first kappa shape index (κ1) is 20.8. The zero-order chi connectivity index (χ0) is 17.9. The van der Waals surface area contributed by atoms with Gasteiger partial charge in [0, 0.05) is 51.7 Å². The molecule has 0 radical (unpaired) electrons. The molecule has 0 bridgehead atoms. The summed E-state index contributed by atoms with van der Waals surface area (Å²) in [6, 6.07) is 5.86. The lowest BCUT2D eigenvalue weighted by molar-refractivity contribution is 0.180. The summed E-state index contributed by atoms with van der Waals surface area (Å²) >= 11 is 0. The number of pyridine rings is 1. The monoisotopic (exact) mass is 399 g/mol. The van der Waals surface area contributed by atoms with Crippen molar-refractivity contribution in [1.82, 2.24) is 24.0 Å². The molecule has 2 aromatic heterocycles. The Kier molecular flexibility index (Phi) is 7.16. The third kappa shape index (κ3) is 4.62. The molecule has 1 fully saturated rings. The molecule has 1 aliphatic heterocycles. The fourth-order valence-electron chi connectivity index (χ4n) is 3.08. The highest BCUT2D eigenvalue weighted by molar-refractivity contribution is 7.89. The SMILES string of the molecule is CCCn1cc(S(=O)(=O)N2CCN(Cc3ccccn3)CC2)c(C)n1.Cl. The Bertz CT molecular complexity index is 802. The summed E-state index contributed by atoms with van der Waals surface area (Å²) in [4.78, 5) is 6.91. The Labute approximate surface area is 161 Å². The van der Waals surface area contributed by atoms with Crippen molar-refractivity contribution in [3.8, 4) is 0 Å². The molecule has 26 heavy (non-hydrogen) atoms. The van der Waals surface area contributed by atoms with Crippen LogP contribution >= 0.6 is 12.4 Å². The number of hydrogen-bond acceptors (Lipinski definition) is 5. The van der Waals surface area contributed by atoms with Crippen LogP contribution < -0.4 is 0 Å². The summed E-state index contributed by atoms with van der Waals surface area (Å²) in [5, 5.41) is 4.32. The van der Waals surface area contributed by atoms with Crippen LogP contribution in [-0.2, 0) is 23.1 Å². The second-order valence-corrected chi connectivity index (χ2v) is 8.25. The molecular weight excluding hydrogens is 374 g/mol. The van der Waals surface area contributed by atoms with Gasteiger partial charge < -0.3 is 0 Å². The zero-order valence-electron chi connectivity index (χ0n) is 15.2. The largest absolute Gasteiger partial charge is 0.295 e. The van der Waals surface area contributed by atoms with Gasteiger partial charge in [0.05, 0.1) is 11.4 Å². The third-order valence-corrected chi connectivity index (χ3v) is 6.42. The lowest BCUT2D eigenvalue weighted by Crippen LogP contribution is -2.48. The second-order valence-electron chi connectivity index (χ2n) is 6.34. The van der Waals surface area contributed by atoms with E-state index in [1.165, 1.54) is 0 Å². The van der Waals surface area contributed by atoms with Gasteiger partial charge >= 0.3 is 0 Å². The highest BCUT2D eigenvalue weighted by Crippen LogP contribution is 2.21. The molecule has 3 rings (SSSR count). The second kappa shape index (κ2) is 8.94. The molecule has 144 valence electrons. The Morgan fingerprint density at radius 1 is 1.15 bits per heavy atom. The fraction of sp³-hybridized carbons (Fsp3) is 0.529. The first-order valence-corrected chi connectivity index (χ1v) is 10.1. The van der Waals surface area contributed by atoms with Crippen molar-refractivity contribution >= 4 is 22.4 Å². The van der Waals surface area contributed by atoms with Crippen molar-refractivity contribution in [2.75, 3.05) is 26.2 Å². The van der Waals surface area contributed by atoms with Gasteiger partial charge in [0.25, 0.3) is 0 Å². The van der Waals surface area contributed by atoms with Gasteiger partial charge in [-0.2, -0.15) is 9.40 Å². The molecule has 0 aromatic carbocycles. The van der Waals surface area contributed by atoms with Crippen LogP contribution in [0, 0.1) is 6.92 Å². The maximum atomic E-state index is 12.9. The highest BCUT2D eigenvalue weighted by atomic mass is 35.5. The van der Waals surface area contributed by atoms with Gasteiger partial charge in [0.2, 0.25) is 10.0 Å². The van der Waals surface area contributed by atoms with E-state index < -0.39 is 10.0 Å². The topological polar surface area (TPSA) is 71.3 Å². The van der Waals surface area contributed by atoms with Crippen LogP contribution in [0.15, 0.2) is 35.5 Å². The molecule has 2 aromatic rings. The standard InChI is InChI=1S/C17H25N5O2S.ClH/c1-3-8-21-14-17(15(2)19-21)25(23,24)22-11-9-20(10-12-22)13-16-6-4-5-7-18-16;/h4-7,14H,3,8-13H2,1-2H3;1H. The number of nitrogens with zero attached hydrogens (tertiary/aromatic N) is 5. The van der Waals surface area contributed by atoms with E-state index in [1.807, 2.05) is 25.1 Å². The van der Waals surface area contributed by atoms with Crippen LogP contribution in [0.5, 0.6) is 0 Å². The summed E-state index contributed by atoms with van der Waals surface area (Å²) < 4.78 is 29.2. The lowest BCUT2D eigenvalue weighted by Gasteiger charge is -2.33. The quantitative estimate of drug-likeness (QED) is 0.742. The summed E-state index contributed by atoms with van der Waals surface area (Å²) in [7, 11) is -3.48. The summed E-state index contributed by atoms with van der Waals surface area (Å²) in [5.41, 5.74) is 1.58. The van der Waals surface area contributed by atoms with Gasteiger partial charge in [-0.15, -0.1) is 12.4 Å². The minimum absolute atomic E-state index is 0. The summed E-state index contributed by atoms with van der Waals surface area (Å²) in [5.74, 6) is 0. The van der Waals surface area contributed by atoms with Crippen molar-refractivity contribution in [2.45, 2.75) is 38.3 Å². The maximum absolute atomic E-state index is 12.9. The van der Waals surface area contributed by atoms with E-state index in [0.29, 0.717) is 36.8 Å². The molecular formula is C17H26ClN5O2S. The van der Waals surface area contributed by atoms with Crippen molar-refractivity contribution in [1.29, 1.82) is 0 Å². The predicted molar refractivity (Wildman–Crippen MR) is 103 cm³/mol. The number of hydrogen-bond donors (Lipinski definition) is 0. The summed E-state index contributed by atoms with van der Waals surface area (Å²) in [6.45, 7) is 7.69. The molecule has 1 saturated heterocycles.